The van der Waals surface area contributed by atoms with Gasteiger partial charge in [0, 0.05) is 35.5 Å². The van der Waals surface area contributed by atoms with Gasteiger partial charge >= 0.3 is 0 Å². The normalized spacial score (nSPS) is 10.7. The molecule has 24 heavy (non-hydrogen) atoms. The molecule has 0 bridgehead atoms. The minimum Gasteiger partial charge on any atom is -0.383 e. The highest BCUT2D eigenvalue weighted by Crippen LogP contribution is 2.21. The molecule has 2 aromatic rings. The fraction of sp³-hybridized carbons (Fsp3) is 0.333. The van der Waals surface area contributed by atoms with Crippen molar-refractivity contribution in [1.29, 1.82) is 0 Å². The molecule has 0 spiro atoms. The van der Waals surface area contributed by atoms with E-state index < -0.39 is 0 Å². The van der Waals surface area contributed by atoms with Crippen LogP contribution in [0.3, 0.4) is 0 Å². The molecule has 0 aliphatic rings. The van der Waals surface area contributed by atoms with Crippen LogP contribution < -0.4 is 10.6 Å². The summed E-state index contributed by atoms with van der Waals surface area (Å²) in [4.78, 5) is 16.2. The summed E-state index contributed by atoms with van der Waals surface area (Å²) < 4.78 is 0. The van der Waals surface area contributed by atoms with Crippen molar-refractivity contribution in [3.05, 3.63) is 57.8 Å². The number of nitrogens with one attached hydrogen (secondary N) is 2. The van der Waals surface area contributed by atoms with Crippen molar-refractivity contribution in [2.45, 2.75) is 20.3 Å². The van der Waals surface area contributed by atoms with Crippen LogP contribution in [-0.4, -0.2) is 24.0 Å². The van der Waals surface area contributed by atoms with E-state index in [-0.39, 0.29) is 5.91 Å². The van der Waals surface area contributed by atoms with Crippen molar-refractivity contribution in [2.75, 3.05) is 18.4 Å². The number of pyridine rings is 1. The molecule has 128 valence electrons. The summed E-state index contributed by atoms with van der Waals surface area (Å²) in [5.41, 5.74) is 2.37. The smallest absolute Gasteiger partial charge is 0.252 e. The number of aromatic nitrogens is 1. The maximum atomic E-state index is 12.1. The molecule has 0 radical (unpaired) electrons. The van der Waals surface area contributed by atoms with Crippen molar-refractivity contribution in [1.82, 2.24) is 10.3 Å². The van der Waals surface area contributed by atoms with Gasteiger partial charge in [0.25, 0.3) is 5.91 Å². The van der Waals surface area contributed by atoms with Crippen LogP contribution in [0.1, 0.15) is 29.8 Å². The van der Waals surface area contributed by atoms with Gasteiger partial charge in [-0.3, -0.25) is 9.78 Å². The van der Waals surface area contributed by atoms with Gasteiger partial charge in [-0.2, -0.15) is 0 Å². The minimum atomic E-state index is -0.111. The number of carbonyl (C=O) groups excluding carboxylic acids is 1. The van der Waals surface area contributed by atoms with Crippen LogP contribution >= 0.6 is 23.2 Å². The molecule has 1 amide bonds. The van der Waals surface area contributed by atoms with Crippen molar-refractivity contribution >= 4 is 34.8 Å². The van der Waals surface area contributed by atoms with Crippen LogP contribution in [0.2, 0.25) is 10.0 Å². The van der Waals surface area contributed by atoms with Crippen LogP contribution in [0.4, 0.5) is 5.69 Å². The van der Waals surface area contributed by atoms with Gasteiger partial charge in [-0.25, -0.2) is 0 Å². The van der Waals surface area contributed by atoms with Crippen LogP contribution in [0.5, 0.6) is 0 Å². The van der Waals surface area contributed by atoms with Gasteiger partial charge in [0.1, 0.15) is 0 Å². The molecular formula is C18H21Cl2N3O. The highest BCUT2D eigenvalue weighted by molar-refractivity contribution is 6.35. The monoisotopic (exact) mass is 365 g/mol. The van der Waals surface area contributed by atoms with E-state index in [1.165, 1.54) is 0 Å². The van der Waals surface area contributed by atoms with Gasteiger partial charge < -0.3 is 10.6 Å². The Kier molecular flexibility index (Phi) is 6.88. The lowest BCUT2D eigenvalue weighted by Gasteiger charge is -2.10. The average Bonchev–Trinajstić information content (AvgIpc) is 2.55. The molecule has 0 unspecified atom stereocenters. The lowest BCUT2D eigenvalue weighted by molar-refractivity contribution is 0.0948. The Morgan fingerprint density at radius 2 is 2.00 bits per heavy atom. The molecule has 0 atom stereocenters. The number of amides is 1. The van der Waals surface area contributed by atoms with Crippen molar-refractivity contribution in [3.8, 4) is 0 Å². The lowest BCUT2D eigenvalue weighted by atomic mass is 10.1. The Balaban J connectivity index is 1.91. The van der Waals surface area contributed by atoms with Gasteiger partial charge in [0.05, 0.1) is 11.3 Å². The first-order valence-electron chi connectivity index (χ1n) is 7.86. The zero-order valence-corrected chi connectivity index (χ0v) is 15.3. The molecule has 1 heterocycles. The first kappa shape index (κ1) is 18.6. The van der Waals surface area contributed by atoms with E-state index in [1.54, 1.807) is 24.5 Å². The van der Waals surface area contributed by atoms with Crippen LogP contribution in [0.15, 0.2) is 36.7 Å². The molecule has 1 aromatic heterocycles. The van der Waals surface area contributed by atoms with Crippen LogP contribution in [-0.2, 0) is 6.42 Å². The first-order chi connectivity index (χ1) is 11.5. The molecule has 2 rings (SSSR count). The summed E-state index contributed by atoms with van der Waals surface area (Å²) in [5, 5.41) is 7.43. The second-order valence-electron chi connectivity index (χ2n) is 5.98. The number of nitrogens with zero attached hydrogens (tertiary/aromatic N) is 1. The topological polar surface area (TPSA) is 54.0 Å². The zero-order valence-electron chi connectivity index (χ0n) is 13.8. The fourth-order valence-corrected chi connectivity index (χ4v) is 2.63. The van der Waals surface area contributed by atoms with Crippen LogP contribution in [0, 0.1) is 5.92 Å². The molecule has 0 aliphatic heterocycles. The molecule has 0 fully saturated rings. The minimum absolute atomic E-state index is 0.111. The Morgan fingerprint density at radius 1 is 1.21 bits per heavy atom. The Labute approximate surface area is 152 Å². The third kappa shape index (κ3) is 5.69. The fourth-order valence-electron chi connectivity index (χ4n) is 2.13. The van der Waals surface area contributed by atoms with Crippen molar-refractivity contribution < 1.29 is 4.79 Å². The summed E-state index contributed by atoms with van der Waals surface area (Å²) in [6.07, 6.45) is 4.01. The second-order valence-corrected chi connectivity index (χ2v) is 6.82. The van der Waals surface area contributed by atoms with E-state index in [0.717, 1.165) is 17.7 Å². The molecule has 4 nitrogen and oxygen atoms in total. The van der Waals surface area contributed by atoms with Crippen molar-refractivity contribution in [3.63, 3.8) is 0 Å². The predicted octanol–water partition coefficient (Wildman–Crippen LogP) is 4.43. The Bertz CT molecular complexity index is 704. The number of anilines is 1. The number of hydrogen-bond donors (Lipinski definition) is 2. The van der Waals surface area contributed by atoms with E-state index in [9.17, 15) is 4.79 Å². The molecular weight excluding hydrogens is 345 g/mol. The van der Waals surface area contributed by atoms with Gasteiger partial charge in [0.15, 0.2) is 0 Å². The average molecular weight is 366 g/mol. The summed E-state index contributed by atoms with van der Waals surface area (Å²) in [6, 6.07) is 7.27. The maximum absolute atomic E-state index is 12.1. The van der Waals surface area contributed by atoms with Crippen molar-refractivity contribution in [2.24, 2.45) is 5.92 Å². The number of benzene rings is 1. The third-order valence-corrected chi connectivity index (χ3v) is 4.00. The van der Waals surface area contributed by atoms with Gasteiger partial charge in [-0.1, -0.05) is 43.1 Å². The Morgan fingerprint density at radius 3 is 2.71 bits per heavy atom. The SMILES string of the molecule is CC(C)CNC(=O)c1cncc(NCCc2ccc(Cl)cc2Cl)c1. The van der Waals surface area contributed by atoms with Gasteiger partial charge in [-0.05, 0) is 36.1 Å². The molecule has 0 saturated carbocycles. The van der Waals surface area contributed by atoms with Crippen LogP contribution in [0.25, 0.3) is 0 Å². The molecule has 2 N–H and O–H groups in total. The molecule has 1 aromatic carbocycles. The molecule has 6 heteroatoms. The number of hydrogen-bond acceptors (Lipinski definition) is 3. The summed E-state index contributed by atoms with van der Waals surface area (Å²) in [7, 11) is 0. The molecule has 0 aliphatic carbocycles. The maximum Gasteiger partial charge on any atom is 0.252 e. The quantitative estimate of drug-likeness (QED) is 0.762. The van der Waals surface area contributed by atoms with E-state index >= 15 is 0 Å². The van der Waals surface area contributed by atoms with Gasteiger partial charge in [-0.15, -0.1) is 0 Å². The number of rotatable bonds is 7. The van der Waals surface area contributed by atoms with E-state index in [2.05, 4.69) is 29.5 Å². The highest BCUT2D eigenvalue weighted by atomic mass is 35.5. The zero-order chi connectivity index (χ0) is 17.5. The first-order valence-corrected chi connectivity index (χ1v) is 8.62. The Hall–Kier alpha value is -1.78. The van der Waals surface area contributed by atoms with E-state index in [0.29, 0.717) is 34.6 Å². The second kappa shape index (κ2) is 8.90. The number of halogens is 2. The lowest BCUT2D eigenvalue weighted by Crippen LogP contribution is -2.27. The summed E-state index contributed by atoms with van der Waals surface area (Å²) in [6.45, 7) is 5.43. The number of carbonyl (C=O) groups is 1. The standard InChI is InChI=1S/C18H21Cl2N3O/c1-12(2)9-23-18(24)14-7-16(11-21-10-14)22-6-5-13-3-4-15(19)8-17(13)20/h3-4,7-8,10-12,22H,5-6,9H2,1-2H3,(H,23,24). The predicted molar refractivity (Wildman–Crippen MR) is 100 cm³/mol. The summed E-state index contributed by atoms with van der Waals surface area (Å²) in [5.74, 6) is 0.299. The third-order valence-electron chi connectivity index (χ3n) is 3.41. The van der Waals surface area contributed by atoms with E-state index in [4.69, 9.17) is 23.2 Å². The largest absolute Gasteiger partial charge is 0.383 e. The molecule has 0 saturated heterocycles. The highest BCUT2D eigenvalue weighted by Gasteiger charge is 2.07. The summed E-state index contributed by atoms with van der Waals surface area (Å²) >= 11 is 12.1. The van der Waals surface area contributed by atoms with Gasteiger partial charge in [0.2, 0.25) is 0 Å². The van der Waals surface area contributed by atoms with E-state index in [1.807, 2.05) is 12.1 Å².